The lowest BCUT2D eigenvalue weighted by molar-refractivity contribution is -0.147. The van der Waals surface area contributed by atoms with E-state index in [4.69, 9.17) is 22.8 Å². The molecule has 20 heavy (non-hydrogen) atoms. The smallest absolute Gasteiger partial charge is 0.311 e. The van der Waals surface area contributed by atoms with Crippen molar-refractivity contribution >= 4 is 17.6 Å². The highest BCUT2D eigenvalue weighted by atomic mass is 35.5. The van der Waals surface area contributed by atoms with Gasteiger partial charge in [-0.3, -0.25) is 4.79 Å². The molecule has 1 aliphatic rings. The van der Waals surface area contributed by atoms with Crippen molar-refractivity contribution in [3.05, 3.63) is 23.0 Å². The first-order chi connectivity index (χ1) is 9.25. The molecular weight excluding hydrogens is 279 g/mol. The van der Waals surface area contributed by atoms with Crippen LogP contribution in [0.15, 0.2) is 23.0 Å². The molecule has 0 radical (unpaired) electrons. The summed E-state index contributed by atoms with van der Waals surface area (Å²) in [7, 11) is 0. The third kappa shape index (κ3) is 3.64. The lowest BCUT2D eigenvalue weighted by Crippen LogP contribution is -2.20. The number of hydrogen-bond acceptors (Lipinski definition) is 2. The van der Waals surface area contributed by atoms with Gasteiger partial charge in [0.2, 0.25) is 0 Å². The maximum Gasteiger partial charge on any atom is 0.311 e. The lowest BCUT2D eigenvalue weighted by atomic mass is 10.1. The largest absolute Gasteiger partial charge is 0.444 e. The Morgan fingerprint density at radius 2 is 2.20 bits per heavy atom. The zero-order valence-electron chi connectivity index (χ0n) is 12.2. The highest BCUT2D eigenvalue weighted by Gasteiger charge is 2.62. The summed E-state index contributed by atoms with van der Waals surface area (Å²) in [6, 6.07) is 0. The Bertz CT molecular complexity index is 481. The first kappa shape index (κ1) is 16.8. The van der Waals surface area contributed by atoms with E-state index in [0.717, 1.165) is 12.0 Å². The number of carbonyl (C=O) groups is 1. The normalized spacial score (nSPS) is 26.6. The van der Waals surface area contributed by atoms with Crippen molar-refractivity contribution in [1.29, 1.82) is 0 Å². The molecule has 4 heteroatoms. The maximum atomic E-state index is 12.8. The van der Waals surface area contributed by atoms with Gasteiger partial charge in [-0.15, -0.1) is 6.42 Å². The fourth-order valence-electron chi connectivity index (χ4n) is 2.45. The van der Waals surface area contributed by atoms with Crippen LogP contribution in [-0.2, 0) is 9.53 Å². The molecule has 0 aromatic rings. The number of halogens is 2. The van der Waals surface area contributed by atoms with E-state index in [1.807, 2.05) is 33.8 Å². The zero-order valence-corrected chi connectivity index (χ0v) is 13.0. The van der Waals surface area contributed by atoms with Crippen LogP contribution in [0.1, 0.15) is 34.1 Å². The Labute approximate surface area is 125 Å². The molecule has 1 fully saturated rings. The molecule has 0 aliphatic heterocycles. The molecule has 0 aromatic carbocycles. The minimum absolute atomic E-state index is 0.249. The summed E-state index contributed by atoms with van der Waals surface area (Å²) in [6.07, 6.45) is 8.73. The standard InChI is InChI=1S/C16H20ClFO2/c1-6-8-10(3)12(7-2)20-15(19)14-11(9-13(17)18)16(14,4)5/h2,8-9,11-12,14H,6H2,1,3-5H3/t11-,12-,14+/m1/s1. The monoisotopic (exact) mass is 298 g/mol. The molecule has 2 nitrogen and oxygen atoms in total. The van der Waals surface area contributed by atoms with Crippen molar-refractivity contribution in [1.82, 2.24) is 0 Å². The molecule has 1 rings (SSSR count). The van der Waals surface area contributed by atoms with E-state index in [1.54, 1.807) is 0 Å². The van der Waals surface area contributed by atoms with Crippen molar-refractivity contribution in [3.8, 4) is 12.3 Å². The van der Waals surface area contributed by atoms with E-state index < -0.39 is 23.3 Å². The quantitative estimate of drug-likeness (QED) is 0.432. The van der Waals surface area contributed by atoms with E-state index >= 15 is 0 Å². The number of terminal acetylenes is 1. The van der Waals surface area contributed by atoms with Crippen LogP contribution in [0.2, 0.25) is 0 Å². The molecule has 110 valence electrons. The van der Waals surface area contributed by atoms with E-state index in [1.165, 1.54) is 6.08 Å². The van der Waals surface area contributed by atoms with E-state index in [0.29, 0.717) is 0 Å². The molecule has 0 saturated heterocycles. The molecule has 0 spiro atoms. The van der Waals surface area contributed by atoms with Crippen LogP contribution in [0.3, 0.4) is 0 Å². The third-order valence-corrected chi connectivity index (χ3v) is 3.92. The first-order valence-corrected chi connectivity index (χ1v) is 6.99. The van der Waals surface area contributed by atoms with E-state index in [-0.39, 0.29) is 11.3 Å². The minimum atomic E-state index is -0.797. The van der Waals surface area contributed by atoms with Gasteiger partial charge in [0, 0.05) is 5.92 Å². The number of carbonyl (C=O) groups excluding carboxylic acids is 1. The summed E-state index contributed by atoms with van der Waals surface area (Å²) in [6.45, 7) is 7.56. The second kappa shape index (κ2) is 6.45. The first-order valence-electron chi connectivity index (χ1n) is 6.61. The van der Waals surface area contributed by atoms with Gasteiger partial charge in [0.05, 0.1) is 5.92 Å². The van der Waals surface area contributed by atoms with Gasteiger partial charge in [0.15, 0.2) is 11.4 Å². The molecule has 3 atom stereocenters. The Kier molecular flexibility index (Phi) is 5.42. The molecule has 1 aliphatic carbocycles. The van der Waals surface area contributed by atoms with Gasteiger partial charge in [-0.2, -0.15) is 4.39 Å². The topological polar surface area (TPSA) is 26.3 Å². The maximum absolute atomic E-state index is 12.8. The van der Waals surface area contributed by atoms with Crippen LogP contribution >= 0.6 is 11.6 Å². The van der Waals surface area contributed by atoms with Gasteiger partial charge in [0.25, 0.3) is 0 Å². The molecule has 0 bridgehead atoms. The number of ether oxygens (including phenoxy) is 1. The summed E-state index contributed by atoms with van der Waals surface area (Å²) in [5, 5.41) is -0.797. The fourth-order valence-corrected chi connectivity index (χ4v) is 2.59. The van der Waals surface area contributed by atoms with Gasteiger partial charge >= 0.3 is 5.97 Å². The predicted molar refractivity (Wildman–Crippen MR) is 78.6 cm³/mol. The van der Waals surface area contributed by atoms with Gasteiger partial charge < -0.3 is 4.74 Å². The highest BCUT2D eigenvalue weighted by molar-refractivity contribution is 6.28. The average molecular weight is 299 g/mol. The number of hydrogen-bond donors (Lipinski definition) is 0. The molecule has 0 heterocycles. The second-order valence-corrected chi connectivity index (χ2v) is 5.98. The number of allylic oxidation sites excluding steroid dienone is 2. The second-order valence-electron chi connectivity index (χ2n) is 5.62. The summed E-state index contributed by atoms with van der Waals surface area (Å²) >= 11 is 5.24. The van der Waals surface area contributed by atoms with Gasteiger partial charge in [-0.1, -0.05) is 44.4 Å². The Morgan fingerprint density at radius 1 is 1.60 bits per heavy atom. The number of rotatable bonds is 5. The molecule has 0 N–H and O–H groups in total. The number of esters is 1. The molecule has 0 aromatic heterocycles. The minimum Gasteiger partial charge on any atom is -0.444 e. The fraction of sp³-hybridized carbons (Fsp3) is 0.562. The summed E-state index contributed by atoms with van der Waals surface area (Å²) in [4.78, 5) is 12.2. The van der Waals surface area contributed by atoms with Crippen molar-refractivity contribution in [3.63, 3.8) is 0 Å². The van der Waals surface area contributed by atoms with E-state index in [9.17, 15) is 9.18 Å². The zero-order chi connectivity index (χ0) is 15.5. The summed E-state index contributed by atoms with van der Waals surface area (Å²) < 4.78 is 18.1. The van der Waals surface area contributed by atoms with Crippen molar-refractivity contribution < 1.29 is 13.9 Å². The lowest BCUT2D eigenvalue weighted by Gasteiger charge is -2.13. The molecular formula is C16H20ClFO2. The van der Waals surface area contributed by atoms with Crippen molar-refractivity contribution in [2.75, 3.05) is 0 Å². The summed E-state index contributed by atoms with van der Waals surface area (Å²) in [5.41, 5.74) is 0.475. The SMILES string of the molecule is C#C[C@@H](OC(=O)[C@@H]1[C@@H](C=C(F)Cl)C1(C)C)C(C)=CCC. The Hall–Kier alpha value is -1.27. The van der Waals surface area contributed by atoms with Crippen LogP contribution in [0.25, 0.3) is 0 Å². The van der Waals surface area contributed by atoms with Gasteiger partial charge in [-0.25, -0.2) is 0 Å². The van der Waals surface area contributed by atoms with Crippen molar-refractivity contribution in [2.24, 2.45) is 17.3 Å². The third-order valence-electron chi connectivity index (χ3n) is 3.80. The summed E-state index contributed by atoms with van der Waals surface area (Å²) in [5.74, 6) is 1.40. The van der Waals surface area contributed by atoms with Crippen LogP contribution in [0, 0.1) is 29.6 Å². The van der Waals surface area contributed by atoms with Crippen LogP contribution in [-0.4, -0.2) is 12.1 Å². The highest BCUT2D eigenvalue weighted by Crippen LogP contribution is 2.60. The molecule has 1 saturated carbocycles. The predicted octanol–water partition coefficient (Wildman–Crippen LogP) is 4.21. The Morgan fingerprint density at radius 3 is 2.65 bits per heavy atom. The van der Waals surface area contributed by atoms with Crippen LogP contribution in [0.4, 0.5) is 4.39 Å². The average Bonchev–Trinajstić information content (AvgIpc) is 2.86. The van der Waals surface area contributed by atoms with Gasteiger partial charge in [0.1, 0.15) is 0 Å². The van der Waals surface area contributed by atoms with Crippen molar-refractivity contribution in [2.45, 2.75) is 40.2 Å². The van der Waals surface area contributed by atoms with E-state index in [2.05, 4.69) is 5.92 Å². The van der Waals surface area contributed by atoms with Gasteiger partial charge in [-0.05, 0) is 30.4 Å². The Balaban J connectivity index is 2.76. The molecule has 0 amide bonds. The van der Waals surface area contributed by atoms with Crippen LogP contribution in [0.5, 0.6) is 0 Å². The van der Waals surface area contributed by atoms with Crippen LogP contribution < -0.4 is 0 Å². The molecule has 0 unspecified atom stereocenters.